The van der Waals surface area contributed by atoms with Crippen LogP contribution < -0.4 is 15.5 Å². The monoisotopic (exact) mass is 255 g/mol. The first-order valence-corrected chi connectivity index (χ1v) is 6.98. The van der Waals surface area contributed by atoms with Gasteiger partial charge in [0, 0.05) is 32.0 Å². The second-order valence-electron chi connectivity index (χ2n) is 5.11. The van der Waals surface area contributed by atoms with Gasteiger partial charge in [-0.15, -0.1) is 0 Å². The highest BCUT2D eigenvalue weighted by Gasteiger charge is 2.24. The van der Waals surface area contributed by atoms with Crippen LogP contribution in [0.5, 0.6) is 0 Å². The van der Waals surface area contributed by atoms with Crippen molar-refractivity contribution in [2.45, 2.75) is 19.3 Å². The van der Waals surface area contributed by atoms with Gasteiger partial charge in [0.15, 0.2) is 0 Å². The van der Waals surface area contributed by atoms with E-state index in [-0.39, 0.29) is 0 Å². The number of benzene rings is 1. The van der Waals surface area contributed by atoms with Gasteiger partial charge in [-0.25, -0.2) is 0 Å². The van der Waals surface area contributed by atoms with Crippen LogP contribution in [0.1, 0.15) is 19.3 Å². The Morgan fingerprint density at radius 2 is 2.05 bits per heavy atom. The van der Waals surface area contributed by atoms with Crippen LogP contribution in [0.3, 0.4) is 0 Å². The quantitative estimate of drug-likeness (QED) is 0.869. The van der Waals surface area contributed by atoms with Crippen molar-refractivity contribution in [1.29, 1.82) is 0 Å². The molecule has 0 bridgehead atoms. The molecule has 100 valence electrons. The molecule has 3 nitrogen and oxygen atoms in total. The molecule has 1 heterocycles. The van der Waals surface area contributed by atoms with Gasteiger partial charge in [-0.05, 0) is 43.0 Å². The van der Waals surface area contributed by atoms with Crippen LogP contribution >= 0.6 is 0 Å². The number of nitrogens with zero attached hydrogens (tertiary/aromatic N) is 1. The van der Waals surface area contributed by atoms with Crippen molar-refractivity contribution in [3.63, 3.8) is 0 Å². The molecule has 0 unspecified atom stereocenters. The van der Waals surface area contributed by atoms with Gasteiger partial charge in [0.05, 0.1) is 11.4 Å². The summed E-state index contributed by atoms with van der Waals surface area (Å²) in [5.41, 5.74) is 6.72. The largest absolute Gasteiger partial charge is 0.386 e. The molecular weight excluding hydrogens is 234 g/mol. The minimum absolute atomic E-state index is 0.945. The van der Waals surface area contributed by atoms with Gasteiger partial charge >= 0.3 is 0 Å². The average Bonchev–Trinajstić information content (AvgIpc) is 2.94. The van der Waals surface area contributed by atoms with Gasteiger partial charge in [0.2, 0.25) is 0 Å². The number of para-hydroxylation sites is 2. The lowest BCUT2D eigenvalue weighted by atomic mass is 10.1. The van der Waals surface area contributed by atoms with Crippen molar-refractivity contribution in [2.75, 3.05) is 30.9 Å². The number of hydrogen-bond donors (Lipinski definition) is 2. The molecule has 19 heavy (non-hydrogen) atoms. The number of dihydropyridines is 1. The fourth-order valence-corrected chi connectivity index (χ4v) is 3.06. The lowest BCUT2D eigenvalue weighted by molar-refractivity contribution is 0.808. The number of allylic oxidation sites excluding steroid dienone is 2. The molecule has 1 aromatic carbocycles. The fourth-order valence-electron chi connectivity index (χ4n) is 3.06. The summed E-state index contributed by atoms with van der Waals surface area (Å²) in [7, 11) is 4.14. The molecule has 1 aliphatic heterocycles. The lowest BCUT2D eigenvalue weighted by Crippen LogP contribution is -2.26. The predicted octanol–water partition coefficient (Wildman–Crippen LogP) is 3.09. The second kappa shape index (κ2) is 5.00. The highest BCUT2D eigenvalue weighted by atomic mass is 15.1. The molecule has 1 aromatic rings. The van der Waals surface area contributed by atoms with Crippen LogP contribution in [-0.2, 0) is 0 Å². The van der Waals surface area contributed by atoms with Gasteiger partial charge in [0.1, 0.15) is 0 Å². The van der Waals surface area contributed by atoms with Crippen molar-refractivity contribution >= 4 is 11.4 Å². The zero-order valence-electron chi connectivity index (χ0n) is 11.7. The molecule has 0 atom stereocenters. The molecule has 3 heteroatoms. The van der Waals surface area contributed by atoms with E-state index in [1.54, 1.807) is 0 Å². The first-order valence-electron chi connectivity index (χ1n) is 6.98. The van der Waals surface area contributed by atoms with Crippen LogP contribution in [-0.4, -0.2) is 20.6 Å². The third-order valence-corrected chi connectivity index (χ3v) is 4.03. The molecule has 0 amide bonds. The summed E-state index contributed by atoms with van der Waals surface area (Å²) in [6, 6.07) is 8.46. The molecule has 0 spiro atoms. The third-order valence-electron chi connectivity index (χ3n) is 4.03. The molecule has 3 rings (SSSR count). The molecule has 0 saturated carbocycles. The zero-order chi connectivity index (χ0) is 13.2. The highest BCUT2D eigenvalue weighted by molar-refractivity contribution is 5.73. The van der Waals surface area contributed by atoms with Crippen LogP contribution in [0, 0.1) is 0 Å². The number of hydrogen-bond acceptors (Lipinski definition) is 3. The lowest BCUT2D eigenvalue weighted by Gasteiger charge is -2.29. The molecular formula is C16H21N3. The van der Waals surface area contributed by atoms with E-state index in [0.717, 1.165) is 6.54 Å². The van der Waals surface area contributed by atoms with Crippen molar-refractivity contribution in [3.8, 4) is 0 Å². The van der Waals surface area contributed by atoms with E-state index in [0.29, 0.717) is 0 Å². The SMILES string of the molecule is CNc1ccccc1N(C)C1=CCNC2=C1CCC2. The number of rotatable bonds is 3. The number of anilines is 2. The third kappa shape index (κ3) is 2.09. The Morgan fingerprint density at radius 1 is 1.21 bits per heavy atom. The molecule has 2 N–H and O–H groups in total. The maximum atomic E-state index is 3.51. The summed E-state index contributed by atoms with van der Waals surface area (Å²) < 4.78 is 0. The van der Waals surface area contributed by atoms with Crippen LogP contribution in [0.25, 0.3) is 0 Å². The Morgan fingerprint density at radius 3 is 2.89 bits per heavy atom. The Labute approximate surface area is 115 Å². The minimum atomic E-state index is 0.945. The molecule has 0 aromatic heterocycles. The summed E-state index contributed by atoms with van der Waals surface area (Å²) in [5.74, 6) is 0. The first kappa shape index (κ1) is 12.2. The Kier molecular flexibility index (Phi) is 3.20. The molecule has 0 radical (unpaired) electrons. The molecule has 1 aliphatic carbocycles. The summed E-state index contributed by atoms with van der Waals surface area (Å²) in [4.78, 5) is 2.31. The standard InChI is InChI=1S/C16H21N3/c1-17-14-7-3-4-9-16(14)19(2)15-10-11-18-13-8-5-6-12(13)15/h3-4,7,9-10,17-18H,5-6,8,11H2,1-2H3. The van der Waals surface area contributed by atoms with Crippen molar-refractivity contribution < 1.29 is 0 Å². The van der Waals surface area contributed by atoms with Gasteiger partial charge in [-0.1, -0.05) is 12.1 Å². The Hall–Kier alpha value is -1.90. The summed E-state index contributed by atoms with van der Waals surface area (Å²) >= 11 is 0. The van der Waals surface area contributed by atoms with Crippen LogP contribution in [0.2, 0.25) is 0 Å². The van der Waals surface area contributed by atoms with Gasteiger partial charge < -0.3 is 15.5 Å². The van der Waals surface area contributed by atoms with E-state index in [1.165, 1.54) is 47.6 Å². The Balaban J connectivity index is 1.96. The predicted molar refractivity (Wildman–Crippen MR) is 81.4 cm³/mol. The smallest absolute Gasteiger partial charge is 0.0643 e. The number of nitrogens with one attached hydrogen (secondary N) is 2. The van der Waals surface area contributed by atoms with E-state index in [4.69, 9.17) is 0 Å². The van der Waals surface area contributed by atoms with Crippen LogP contribution in [0.4, 0.5) is 11.4 Å². The number of likely N-dealkylation sites (N-methyl/N-ethyl adjacent to an activating group) is 1. The normalized spacial score (nSPS) is 17.7. The zero-order valence-corrected chi connectivity index (χ0v) is 11.7. The first-order chi connectivity index (χ1) is 9.31. The highest BCUT2D eigenvalue weighted by Crippen LogP contribution is 2.36. The topological polar surface area (TPSA) is 27.3 Å². The Bertz CT molecular complexity index is 543. The van der Waals surface area contributed by atoms with E-state index < -0.39 is 0 Å². The van der Waals surface area contributed by atoms with Gasteiger partial charge in [-0.3, -0.25) is 0 Å². The molecule has 0 fully saturated rings. The van der Waals surface area contributed by atoms with Crippen molar-refractivity contribution in [2.24, 2.45) is 0 Å². The van der Waals surface area contributed by atoms with E-state index in [1.807, 2.05) is 7.05 Å². The summed E-state index contributed by atoms with van der Waals surface area (Å²) in [6.45, 7) is 0.945. The summed E-state index contributed by atoms with van der Waals surface area (Å²) in [5, 5.41) is 6.78. The van der Waals surface area contributed by atoms with E-state index in [9.17, 15) is 0 Å². The van der Waals surface area contributed by atoms with Gasteiger partial charge in [0.25, 0.3) is 0 Å². The molecule has 0 saturated heterocycles. The van der Waals surface area contributed by atoms with Gasteiger partial charge in [-0.2, -0.15) is 0 Å². The van der Waals surface area contributed by atoms with Crippen molar-refractivity contribution in [1.82, 2.24) is 5.32 Å². The minimum Gasteiger partial charge on any atom is -0.386 e. The fraction of sp³-hybridized carbons (Fsp3) is 0.375. The maximum absolute atomic E-state index is 3.51. The van der Waals surface area contributed by atoms with Crippen molar-refractivity contribution in [3.05, 3.63) is 47.3 Å². The van der Waals surface area contributed by atoms with E-state index >= 15 is 0 Å². The maximum Gasteiger partial charge on any atom is 0.0643 e. The molecule has 2 aliphatic rings. The average molecular weight is 255 g/mol. The van der Waals surface area contributed by atoms with E-state index in [2.05, 4.69) is 52.9 Å². The second-order valence-corrected chi connectivity index (χ2v) is 5.11. The summed E-state index contributed by atoms with van der Waals surface area (Å²) in [6.07, 6.45) is 5.97. The van der Waals surface area contributed by atoms with Crippen LogP contribution in [0.15, 0.2) is 47.3 Å².